The first kappa shape index (κ1) is 23.4. The smallest absolute Gasteiger partial charge is 0.0146 e. The lowest BCUT2D eigenvalue weighted by molar-refractivity contribution is -0.0618. The highest BCUT2D eigenvalue weighted by atomic mass is 35.5. The topological polar surface area (TPSA) is 3.24 Å². The average molecular weight is 464 g/mol. The number of hydrogen-bond donors (Lipinski definition) is 0. The van der Waals surface area contributed by atoms with E-state index in [2.05, 4.69) is 59.5 Å². The zero-order chi connectivity index (χ0) is 21.4. The Kier molecular flexibility index (Phi) is 7.19. The molecule has 0 spiro atoms. The molecule has 5 aliphatic rings. The quantitative estimate of drug-likeness (QED) is 0.403. The fourth-order valence-electron chi connectivity index (χ4n) is 8.64. The van der Waals surface area contributed by atoms with E-state index in [0.717, 1.165) is 17.8 Å². The van der Waals surface area contributed by atoms with Gasteiger partial charge >= 0.3 is 0 Å². The number of piperidine rings is 1. The number of benzene rings is 2. The van der Waals surface area contributed by atoms with Crippen molar-refractivity contribution in [3.8, 4) is 0 Å². The Morgan fingerprint density at radius 2 is 1.30 bits per heavy atom. The van der Waals surface area contributed by atoms with E-state index in [1.165, 1.54) is 95.8 Å². The van der Waals surface area contributed by atoms with Gasteiger partial charge in [-0.2, -0.15) is 0 Å². The van der Waals surface area contributed by atoms with Gasteiger partial charge in [0.2, 0.25) is 0 Å². The molecule has 1 nitrogen and oxygen atoms in total. The second-order valence-corrected chi connectivity index (χ2v) is 11.9. The van der Waals surface area contributed by atoms with Gasteiger partial charge < -0.3 is 4.90 Å². The van der Waals surface area contributed by atoms with E-state index < -0.39 is 0 Å². The van der Waals surface area contributed by atoms with Crippen LogP contribution in [0.1, 0.15) is 86.8 Å². The fourth-order valence-corrected chi connectivity index (χ4v) is 8.64. The first-order chi connectivity index (χ1) is 15.8. The average Bonchev–Trinajstić information content (AvgIpc) is 2.81. The van der Waals surface area contributed by atoms with Crippen molar-refractivity contribution in [2.24, 2.45) is 23.2 Å². The summed E-state index contributed by atoms with van der Waals surface area (Å²) in [7, 11) is 0. The van der Waals surface area contributed by atoms with Crippen molar-refractivity contribution < 1.29 is 0 Å². The van der Waals surface area contributed by atoms with Crippen LogP contribution in [-0.2, 0) is 6.42 Å². The van der Waals surface area contributed by atoms with Gasteiger partial charge in [0.05, 0.1) is 0 Å². The van der Waals surface area contributed by atoms with Crippen molar-refractivity contribution >= 4 is 12.4 Å². The molecular formula is C31H42ClN. The summed E-state index contributed by atoms with van der Waals surface area (Å²) in [6.45, 7) is 3.92. The van der Waals surface area contributed by atoms with Crippen molar-refractivity contribution in [2.45, 2.75) is 76.5 Å². The third-order valence-corrected chi connectivity index (χ3v) is 9.53. The molecule has 4 aliphatic carbocycles. The van der Waals surface area contributed by atoms with Crippen LogP contribution >= 0.6 is 12.4 Å². The molecule has 0 aromatic heterocycles. The molecular weight excluding hydrogens is 422 g/mol. The number of rotatable bonds is 7. The Hall–Kier alpha value is -1.31. The highest BCUT2D eigenvalue weighted by molar-refractivity contribution is 5.85. The Bertz CT molecular complexity index is 848. The normalized spacial score (nSPS) is 31.8. The summed E-state index contributed by atoms with van der Waals surface area (Å²) in [5, 5.41) is 0. The van der Waals surface area contributed by atoms with Crippen molar-refractivity contribution in [1.82, 2.24) is 4.90 Å². The molecule has 1 atom stereocenters. The van der Waals surface area contributed by atoms with Crippen LogP contribution in [0.5, 0.6) is 0 Å². The molecule has 1 saturated heterocycles. The Morgan fingerprint density at radius 3 is 1.91 bits per heavy atom. The van der Waals surface area contributed by atoms with E-state index in [1.54, 1.807) is 11.1 Å². The summed E-state index contributed by atoms with van der Waals surface area (Å²) in [6.07, 6.45) is 15.7. The minimum Gasteiger partial charge on any atom is -0.303 e. The first-order valence-electron chi connectivity index (χ1n) is 13.6. The third kappa shape index (κ3) is 4.92. The lowest BCUT2D eigenvalue weighted by atomic mass is 9.45. The van der Waals surface area contributed by atoms with Crippen LogP contribution in [0, 0.1) is 23.2 Å². The van der Waals surface area contributed by atoms with Crippen molar-refractivity contribution in [1.29, 1.82) is 0 Å². The number of hydrogen-bond acceptors (Lipinski definition) is 1. The molecule has 0 amide bonds. The molecule has 1 heterocycles. The van der Waals surface area contributed by atoms with Crippen LogP contribution in [-0.4, -0.2) is 24.5 Å². The van der Waals surface area contributed by atoms with E-state index in [9.17, 15) is 0 Å². The molecule has 1 unspecified atom stereocenters. The minimum absolute atomic E-state index is 0. The summed E-state index contributed by atoms with van der Waals surface area (Å²) < 4.78 is 0. The zero-order valence-corrected chi connectivity index (χ0v) is 21.1. The van der Waals surface area contributed by atoms with Crippen LogP contribution in [0.2, 0.25) is 0 Å². The predicted molar refractivity (Wildman–Crippen MR) is 141 cm³/mol. The fraction of sp³-hybridized carbons (Fsp3) is 0.613. The van der Waals surface area contributed by atoms with E-state index in [4.69, 9.17) is 0 Å². The van der Waals surface area contributed by atoms with Crippen LogP contribution in [0.15, 0.2) is 54.6 Å². The SMILES string of the molecule is Cl.c1ccc(C(c2ccc(CCCN3CCCCC3)cc2)C23CC4CC(CC(C4)C2)C3)cc1. The van der Waals surface area contributed by atoms with Crippen molar-refractivity contribution in [3.63, 3.8) is 0 Å². The number of likely N-dealkylation sites (tertiary alicyclic amines) is 1. The molecule has 33 heavy (non-hydrogen) atoms. The lowest BCUT2D eigenvalue weighted by Crippen LogP contribution is -2.49. The minimum atomic E-state index is 0. The summed E-state index contributed by atoms with van der Waals surface area (Å²) in [6, 6.07) is 21.5. The Balaban J connectivity index is 0.00000228. The third-order valence-electron chi connectivity index (χ3n) is 9.53. The molecule has 178 valence electrons. The molecule has 0 radical (unpaired) electrons. The van der Waals surface area contributed by atoms with Gasteiger partial charge in [-0.25, -0.2) is 0 Å². The largest absolute Gasteiger partial charge is 0.303 e. The summed E-state index contributed by atoms with van der Waals surface area (Å²) in [5.41, 5.74) is 5.18. The highest BCUT2D eigenvalue weighted by Crippen LogP contribution is 2.65. The molecule has 4 bridgehead atoms. The van der Waals surface area contributed by atoms with Crippen LogP contribution < -0.4 is 0 Å². The first-order valence-corrected chi connectivity index (χ1v) is 13.6. The van der Waals surface area contributed by atoms with Gasteiger partial charge in [-0.3, -0.25) is 0 Å². The molecule has 0 N–H and O–H groups in total. The summed E-state index contributed by atoms with van der Waals surface area (Å²) in [5.74, 6) is 3.59. The highest BCUT2D eigenvalue weighted by Gasteiger charge is 2.54. The van der Waals surface area contributed by atoms with Crippen molar-refractivity contribution in [2.75, 3.05) is 19.6 Å². The number of aryl methyl sites for hydroxylation is 1. The predicted octanol–water partition coefficient (Wildman–Crippen LogP) is 7.88. The molecule has 2 aromatic rings. The van der Waals surface area contributed by atoms with Gasteiger partial charge in [0, 0.05) is 5.92 Å². The molecule has 7 rings (SSSR count). The second-order valence-electron chi connectivity index (χ2n) is 11.9. The van der Waals surface area contributed by atoms with Crippen LogP contribution in [0.3, 0.4) is 0 Å². The number of halogens is 1. The molecule has 4 saturated carbocycles. The lowest BCUT2D eigenvalue weighted by Gasteiger charge is -2.60. The van der Waals surface area contributed by atoms with E-state index in [1.807, 2.05) is 0 Å². The van der Waals surface area contributed by atoms with Gasteiger partial charge in [-0.15, -0.1) is 12.4 Å². The van der Waals surface area contributed by atoms with Gasteiger partial charge in [0.15, 0.2) is 0 Å². The van der Waals surface area contributed by atoms with E-state index >= 15 is 0 Å². The standard InChI is InChI=1S/C31H41N.ClH/c1-3-9-28(10-4-1)30(31-21-25-18-26(22-31)20-27(19-25)23-31)29-13-11-24(12-14-29)8-7-17-32-15-5-2-6-16-32;/h1,3-4,9-14,25-27,30H,2,5-8,15-23H2;1H. The summed E-state index contributed by atoms with van der Waals surface area (Å²) in [4.78, 5) is 2.68. The maximum Gasteiger partial charge on any atom is 0.0146 e. The monoisotopic (exact) mass is 463 g/mol. The molecule has 1 aliphatic heterocycles. The second kappa shape index (κ2) is 10.1. The van der Waals surface area contributed by atoms with Crippen LogP contribution in [0.25, 0.3) is 0 Å². The van der Waals surface area contributed by atoms with Gasteiger partial charge in [0.25, 0.3) is 0 Å². The van der Waals surface area contributed by atoms with E-state index in [-0.39, 0.29) is 12.4 Å². The molecule has 5 fully saturated rings. The summed E-state index contributed by atoms with van der Waals surface area (Å²) >= 11 is 0. The Morgan fingerprint density at radius 1 is 0.727 bits per heavy atom. The molecule has 2 heteroatoms. The number of nitrogens with zero attached hydrogens (tertiary/aromatic N) is 1. The van der Waals surface area contributed by atoms with Gasteiger partial charge in [-0.05, 0) is 124 Å². The van der Waals surface area contributed by atoms with Crippen LogP contribution in [0.4, 0.5) is 0 Å². The maximum atomic E-state index is 2.68. The zero-order valence-electron chi connectivity index (χ0n) is 20.3. The van der Waals surface area contributed by atoms with E-state index in [0.29, 0.717) is 11.3 Å². The Labute approximate surface area is 207 Å². The van der Waals surface area contributed by atoms with Crippen molar-refractivity contribution in [3.05, 3.63) is 71.3 Å². The van der Waals surface area contributed by atoms with Gasteiger partial charge in [0.1, 0.15) is 0 Å². The van der Waals surface area contributed by atoms with Gasteiger partial charge in [-0.1, -0.05) is 61.0 Å². The molecule has 2 aromatic carbocycles. The maximum absolute atomic E-state index is 2.68.